The van der Waals surface area contributed by atoms with Crippen LogP contribution in [0.25, 0.3) is 11.4 Å². The summed E-state index contributed by atoms with van der Waals surface area (Å²) in [6, 6.07) is 7.69. The van der Waals surface area contributed by atoms with Crippen molar-refractivity contribution in [2.75, 3.05) is 47.1 Å². The predicted molar refractivity (Wildman–Crippen MR) is 136 cm³/mol. The van der Waals surface area contributed by atoms with E-state index in [4.69, 9.17) is 19.2 Å². The summed E-state index contributed by atoms with van der Waals surface area (Å²) < 4.78 is 16.2. The van der Waals surface area contributed by atoms with Gasteiger partial charge in [-0.2, -0.15) is 5.10 Å². The van der Waals surface area contributed by atoms with E-state index >= 15 is 0 Å². The number of ether oxygens (including phenoxy) is 3. The molecule has 1 saturated heterocycles. The van der Waals surface area contributed by atoms with E-state index in [1.54, 1.807) is 14.2 Å². The number of rotatable bonds is 10. The number of likely N-dealkylation sites (tertiary alicyclic amines) is 1. The maximum Gasteiger partial charge on any atom is 0.194 e. The highest BCUT2D eigenvalue weighted by Crippen LogP contribution is 2.19. The van der Waals surface area contributed by atoms with Gasteiger partial charge in [0, 0.05) is 45.5 Å². The van der Waals surface area contributed by atoms with Crippen molar-refractivity contribution in [1.29, 1.82) is 0 Å². The average molecular weight is 558 g/mol. The summed E-state index contributed by atoms with van der Waals surface area (Å²) in [7, 11) is 3.37. The van der Waals surface area contributed by atoms with Crippen LogP contribution in [-0.2, 0) is 16.0 Å². The molecule has 178 valence electrons. The van der Waals surface area contributed by atoms with Crippen LogP contribution >= 0.6 is 24.0 Å². The second-order valence-electron chi connectivity index (χ2n) is 7.41. The number of hydrogen-bond acceptors (Lipinski definition) is 6. The molecule has 0 spiro atoms. The second-order valence-corrected chi connectivity index (χ2v) is 7.41. The number of nitrogens with one attached hydrogen (secondary N) is 2. The molecule has 0 aliphatic carbocycles. The first-order chi connectivity index (χ1) is 15.2. The number of piperidine rings is 1. The molecule has 3 rings (SSSR count). The molecule has 0 amide bonds. The Morgan fingerprint density at radius 2 is 1.94 bits per heavy atom. The number of methoxy groups -OCH3 is 2. The van der Waals surface area contributed by atoms with Gasteiger partial charge in [0.25, 0.3) is 0 Å². The fourth-order valence-electron chi connectivity index (χ4n) is 3.50. The SMILES string of the molecule is CCNC(=NCc1nc(-c2ccc(OC)cc2)n[nH]1)N1CCC(OCCCOC)CC1.I. The first-order valence-electron chi connectivity index (χ1n) is 10.9. The van der Waals surface area contributed by atoms with Gasteiger partial charge >= 0.3 is 0 Å². The Balaban J connectivity index is 0.00000363. The van der Waals surface area contributed by atoms with E-state index in [2.05, 4.69) is 32.3 Å². The van der Waals surface area contributed by atoms with Gasteiger partial charge in [0.2, 0.25) is 0 Å². The Kier molecular flexibility index (Phi) is 11.7. The minimum atomic E-state index is 0. The molecule has 1 aliphatic rings. The van der Waals surface area contributed by atoms with Gasteiger partial charge in [0.05, 0.1) is 13.2 Å². The monoisotopic (exact) mass is 558 g/mol. The molecule has 0 atom stereocenters. The van der Waals surface area contributed by atoms with Gasteiger partial charge in [0.1, 0.15) is 18.1 Å². The van der Waals surface area contributed by atoms with Gasteiger partial charge in [-0.3, -0.25) is 5.10 Å². The number of halogens is 1. The molecule has 0 radical (unpaired) electrons. The smallest absolute Gasteiger partial charge is 0.194 e. The van der Waals surface area contributed by atoms with Crippen LogP contribution < -0.4 is 10.1 Å². The van der Waals surface area contributed by atoms with Crippen LogP contribution in [0.15, 0.2) is 29.3 Å². The zero-order chi connectivity index (χ0) is 21.9. The number of aliphatic imine (C=N–C) groups is 1. The van der Waals surface area contributed by atoms with Crippen LogP contribution in [-0.4, -0.2) is 79.2 Å². The summed E-state index contributed by atoms with van der Waals surface area (Å²) >= 11 is 0. The lowest BCUT2D eigenvalue weighted by atomic mass is 10.1. The number of hydrogen-bond donors (Lipinski definition) is 2. The van der Waals surface area contributed by atoms with Crippen LogP contribution in [0.5, 0.6) is 5.75 Å². The van der Waals surface area contributed by atoms with Crippen LogP contribution in [0.4, 0.5) is 0 Å². The number of aromatic nitrogens is 3. The minimum Gasteiger partial charge on any atom is -0.497 e. The van der Waals surface area contributed by atoms with Crippen molar-refractivity contribution in [1.82, 2.24) is 25.4 Å². The number of H-pyrrole nitrogens is 1. The summed E-state index contributed by atoms with van der Waals surface area (Å²) in [5.41, 5.74) is 0.937. The normalized spacial score (nSPS) is 14.8. The third kappa shape index (κ3) is 7.89. The molecule has 0 unspecified atom stereocenters. The van der Waals surface area contributed by atoms with E-state index in [1.165, 1.54) is 0 Å². The van der Waals surface area contributed by atoms with E-state index in [-0.39, 0.29) is 24.0 Å². The predicted octanol–water partition coefficient (Wildman–Crippen LogP) is 3.08. The first kappa shape index (κ1) is 26.3. The van der Waals surface area contributed by atoms with Crippen molar-refractivity contribution in [2.24, 2.45) is 4.99 Å². The van der Waals surface area contributed by atoms with Crippen molar-refractivity contribution in [3.63, 3.8) is 0 Å². The van der Waals surface area contributed by atoms with Gasteiger partial charge in [-0.1, -0.05) is 0 Å². The first-order valence-corrected chi connectivity index (χ1v) is 10.9. The third-order valence-electron chi connectivity index (χ3n) is 5.18. The number of nitrogens with zero attached hydrogens (tertiary/aromatic N) is 4. The lowest BCUT2D eigenvalue weighted by Gasteiger charge is -2.34. The number of guanidine groups is 1. The average Bonchev–Trinajstić information content (AvgIpc) is 3.29. The molecule has 1 aromatic carbocycles. The van der Waals surface area contributed by atoms with E-state index in [0.717, 1.165) is 75.2 Å². The highest BCUT2D eigenvalue weighted by molar-refractivity contribution is 14.0. The number of aromatic amines is 1. The van der Waals surface area contributed by atoms with Crippen molar-refractivity contribution in [3.8, 4) is 17.1 Å². The third-order valence-corrected chi connectivity index (χ3v) is 5.18. The van der Waals surface area contributed by atoms with E-state index in [1.807, 2.05) is 24.3 Å². The molecule has 0 bridgehead atoms. The van der Waals surface area contributed by atoms with Gasteiger partial charge < -0.3 is 24.4 Å². The van der Waals surface area contributed by atoms with E-state index in [0.29, 0.717) is 18.5 Å². The molecule has 10 heteroatoms. The molecule has 2 aromatic rings. The van der Waals surface area contributed by atoms with Crippen molar-refractivity contribution >= 4 is 29.9 Å². The Labute approximate surface area is 207 Å². The highest BCUT2D eigenvalue weighted by Gasteiger charge is 2.22. The fourth-order valence-corrected chi connectivity index (χ4v) is 3.50. The van der Waals surface area contributed by atoms with Crippen LogP contribution in [0.3, 0.4) is 0 Å². The molecule has 1 fully saturated rings. The Bertz CT molecular complexity index is 806. The summed E-state index contributed by atoms with van der Waals surface area (Å²) in [6.07, 6.45) is 3.26. The Morgan fingerprint density at radius 3 is 2.59 bits per heavy atom. The lowest BCUT2D eigenvalue weighted by molar-refractivity contribution is 0.00990. The highest BCUT2D eigenvalue weighted by atomic mass is 127. The van der Waals surface area contributed by atoms with Gasteiger partial charge in [-0.15, -0.1) is 24.0 Å². The molecule has 0 saturated carbocycles. The Hall–Kier alpha value is -1.92. The van der Waals surface area contributed by atoms with Crippen LogP contribution in [0, 0.1) is 0 Å². The van der Waals surface area contributed by atoms with Crippen LogP contribution in [0.2, 0.25) is 0 Å². The van der Waals surface area contributed by atoms with Crippen LogP contribution in [0.1, 0.15) is 32.0 Å². The summed E-state index contributed by atoms with van der Waals surface area (Å²) in [6.45, 7) is 6.70. The fraction of sp³-hybridized carbons (Fsp3) is 0.591. The largest absolute Gasteiger partial charge is 0.497 e. The van der Waals surface area contributed by atoms with Crippen molar-refractivity contribution in [2.45, 2.75) is 38.8 Å². The summed E-state index contributed by atoms with van der Waals surface area (Å²) in [5, 5.41) is 10.7. The Morgan fingerprint density at radius 1 is 1.19 bits per heavy atom. The van der Waals surface area contributed by atoms with Gasteiger partial charge in [0.15, 0.2) is 11.8 Å². The van der Waals surface area contributed by atoms with Crippen molar-refractivity contribution < 1.29 is 14.2 Å². The quantitative estimate of drug-likeness (QED) is 0.200. The second kappa shape index (κ2) is 14.3. The summed E-state index contributed by atoms with van der Waals surface area (Å²) in [5.74, 6) is 3.10. The molecule has 9 nitrogen and oxygen atoms in total. The number of benzene rings is 1. The standard InChI is InChI=1S/C22H34N6O3.HI/c1-4-23-22(28-12-10-19(11-13-28)31-15-5-14-29-2)24-16-20-25-21(27-26-20)17-6-8-18(30-3)9-7-17;/h6-9,19H,4-5,10-16H2,1-3H3,(H,23,24)(H,25,26,27);1H. The molecule has 2 heterocycles. The summed E-state index contributed by atoms with van der Waals surface area (Å²) in [4.78, 5) is 11.6. The van der Waals surface area contributed by atoms with E-state index in [9.17, 15) is 0 Å². The maximum absolute atomic E-state index is 5.96. The molecule has 2 N–H and O–H groups in total. The topological polar surface area (TPSA) is 96.9 Å². The molecular weight excluding hydrogens is 523 g/mol. The zero-order valence-electron chi connectivity index (χ0n) is 19.2. The van der Waals surface area contributed by atoms with E-state index < -0.39 is 0 Å². The van der Waals surface area contributed by atoms with Crippen molar-refractivity contribution in [3.05, 3.63) is 30.1 Å². The molecule has 32 heavy (non-hydrogen) atoms. The maximum atomic E-state index is 5.96. The zero-order valence-corrected chi connectivity index (χ0v) is 21.5. The molecule has 1 aliphatic heterocycles. The molecular formula is C22H35IN6O3. The lowest BCUT2D eigenvalue weighted by Crippen LogP contribution is -2.47. The van der Waals surface area contributed by atoms with Gasteiger partial charge in [-0.25, -0.2) is 9.98 Å². The van der Waals surface area contributed by atoms with Gasteiger partial charge in [-0.05, 0) is 50.5 Å². The molecule has 1 aromatic heterocycles. The minimum absolute atomic E-state index is 0.